The van der Waals surface area contributed by atoms with Crippen molar-refractivity contribution in [3.63, 3.8) is 0 Å². The van der Waals surface area contributed by atoms with Gasteiger partial charge in [0.2, 0.25) is 5.91 Å². The van der Waals surface area contributed by atoms with Gasteiger partial charge in [-0.1, -0.05) is 24.3 Å². The Hall–Kier alpha value is -3.27. The van der Waals surface area contributed by atoms with Gasteiger partial charge in [0.15, 0.2) is 0 Å². The van der Waals surface area contributed by atoms with Gasteiger partial charge >= 0.3 is 0 Å². The lowest BCUT2D eigenvalue weighted by molar-refractivity contribution is -0.111. The lowest BCUT2D eigenvalue weighted by Gasteiger charge is -2.09. The number of benzene rings is 3. The van der Waals surface area contributed by atoms with E-state index in [9.17, 15) is 4.79 Å². The van der Waals surface area contributed by atoms with Crippen LogP contribution in [0.25, 0.3) is 16.8 Å². The fourth-order valence-corrected chi connectivity index (χ4v) is 2.74. The minimum Gasteiger partial charge on any atom is -0.497 e. The molecule has 0 saturated carbocycles. The van der Waals surface area contributed by atoms with E-state index in [0.29, 0.717) is 11.4 Å². The molecule has 0 radical (unpaired) electrons. The fraction of sp³-hybridized carbons (Fsp3) is 0.136. The smallest absolute Gasteiger partial charge is 0.248 e. The summed E-state index contributed by atoms with van der Waals surface area (Å²) >= 11 is 0. The molecule has 132 valence electrons. The molecule has 0 aliphatic rings. The van der Waals surface area contributed by atoms with Gasteiger partial charge < -0.3 is 14.8 Å². The number of methoxy groups -OCH3 is 2. The summed E-state index contributed by atoms with van der Waals surface area (Å²) in [7, 11) is 3.24. The first-order valence-electron chi connectivity index (χ1n) is 8.30. The average Bonchev–Trinajstić information content (AvgIpc) is 2.66. The number of nitrogens with one attached hydrogen (secondary N) is 1. The third-order valence-corrected chi connectivity index (χ3v) is 4.11. The summed E-state index contributed by atoms with van der Waals surface area (Å²) < 4.78 is 10.5. The van der Waals surface area contributed by atoms with Gasteiger partial charge in [-0.2, -0.15) is 0 Å². The van der Waals surface area contributed by atoms with Crippen LogP contribution < -0.4 is 14.8 Å². The van der Waals surface area contributed by atoms with Gasteiger partial charge in [0.05, 0.1) is 19.9 Å². The number of ether oxygens (including phenoxy) is 2. The van der Waals surface area contributed by atoms with Gasteiger partial charge in [0.1, 0.15) is 11.5 Å². The molecule has 0 unspecified atom stereocenters. The molecule has 0 saturated heterocycles. The second kappa shape index (κ2) is 7.74. The number of amides is 1. The predicted octanol–water partition coefficient (Wildman–Crippen LogP) is 4.82. The van der Waals surface area contributed by atoms with Crippen molar-refractivity contribution >= 4 is 28.4 Å². The van der Waals surface area contributed by atoms with E-state index in [0.717, 1.165) is 27.6 Å². The zero-order valence-corrected chi connectivity index (χ0v) is 15.1. The van der Waals surface area contributed by atoms with Gasteiger partial charge in [0.25, 0.3) is 0 Å². The van der Waals surface area contributed by atoms with Crippen molar-refractivity contribution in [3.05, 3.63) is 71.8 Å². The zero-order valence-electron chi connectivity index (χ0n) is 15.1. The molecule has 26 heavy (non-hydrogen) atoms. The Kier molecular flexibility index (Phi) is 5.23. The molecule has 3 aromatic rings. The zero-order chi connectivity index (χ0) is 18.5. The van der Waals surface area contributed by atoms with Crippen LogP contribution in [0, 0.1) is 6.92 Å². The second-order valence-electron chi connectivity index (χ2n) is 6.00. The van der Waals surface area contributed by atoms with E-state index in [4.69, 9.17) is 9.47 Å². The summed E-state index contributed by atoms with van der Waals surface area (Å²) in [6.07, 6.45) is 3.31. The van der Waals surface area contributed by atoms with E-state index in [1.54, 1.807) is 20.3 Å². The third kappa shape index (κ3) is 4.03. The van der Waals surface area contributed by atoms with E-state index in [-0.39, 0.29) is 5.91 Å². The van der Waals surface area contributed by atoms with Gasteiger partial charge in [-0.15, -0.1) is 0 Å². The number of fused-ring (bicyclic) bond motifs is 1. The highest BCUT2D eigenvalue weighted by atomic mass is 16.5. The van der Waals surface area contributed by atoms with E-state index in [1.807, 2.05) is 61.5 Å². The van der Waals surface area contributed by atoms with Crippen LogP contribution in [0.2, 0.25) is 0 Å². The van der Waals surface area contributed by atoms with Crippen molar-refractivity contribution in [1.82, 2.24) is 0 Å². The largest absolute Gasteiger partial charge is 0.497 e. The van der Waals surface area contributed by atoms with Crippen LogP contribution in [0.4, 0.5) is 5.69 Å². The van der Waals surface area contributed by atoms with Gasteiger partial charge in [-0.05, 0) is 65.2 Å². The Balaban J connectivity index is 1.76. The number of aryl methyl sites for hydroxylation is 1. The van der Waals surface area contributed by atoms with Crippen molar-refractivity contribution in [2.24, 2.45) is 0 Å². The first kappa shape index (κ1) is 17.5. The molecule has 0 bridgehead atoms. The summed E-state index contributed by atoms with van der Waals surface area (Å²) in [5, 5.41) is 5.04. The Morgan fingerprint density at radius 1 is 0.923 bits per heavy atom. The Labute approximate surface area is 153 Å². The standard InChI is InChI=1S/C22H21NO3/c1-15-4-10-21(26-3)20(12-15)23-22(24)11-6-16-5-7-18-14-19(25-2)9-8-17(18)13-16/h4-14H,1-3H3,(H,23,24)/b11-6+. The van der Waals surface area contributed by atoms with E-state index in [2.05, 4.69) is 5.32 Å². The maximum absolute atomic E-state index is 12.2. The first-order valence-corrected chi connectivity index (χ1v) is 8.30. The molecule has 4 heteroatoms. The molecule has 0 aliphatic heterocycles. The molecule has 1 amide bonds. The predicted molar refractivity (Wildman–Crippen MR) is 106 cm³/mol. The number of carbonyl (C=O) groups excluding carboxylic acids is 1. The normalized spacial score (nSPS) is 10.9. The first-order chi connectivity index (χ1) is 12.6. The van der Waals surface area contributed by atoms with Crippen LogP contribution in [0.15, 0.2) is 60.7 Å². The number of carbonyl (C=O) groups is 1. The molecule has 1 N–H and O–H groups in total. The highest BCUT2D eigenvalue weighted by Crippen LogP contribution is 2.25. The van der Waals surface area contributed by atoms with Crippen LogP contribution >= 0.6 is 0 Å². The van der Waals surface area contributed by atoms with Crippen LogP contribution in [0.5, 0.6) is 11.5 Å². The third-order valence-electron chi connectivity index (χ3n) is 4.11. The Morgan fingerprint density at radius 3 is 2.46 bits per heavy atom. The average molecular weight is 347 g/mol. The summed E-state index contributed by atoms with van der Waals surface area (Å²) in [5.74, 6) is 1.26. The topological polar surface area (TPSA) is 47.6 Å². The molecule has 0 atom stereocenters. The molecule has 0 fully saturated rings. The molecule has 3 aromatic carbocycles. The van der Waals surface area contributed by atoms with E-state index < -0.39 is 0 Å². The van der Waals surface area contributed by atoms with Crippen LogP contribution in [-0.4, -0.2) is 20.1 Å². The molecule has 3 rings (SSSR count). The molecule has 0 spiro atoms. The molecule has 0 heterocycles. The maximum Gasteiger partial charge on any atom is 0.248 e. The Bertz CT molecular complexity index is 976. The highest BCUT2D eigenvalue weighted by Gasteiger charge is 2.05. The number of hydrogen-bond acceptors (Lipinski definition) is 3. The summed E-state index contributed by atoms with van der Waals surface area (Å²) in [6.45, 7) is 1.97. The number of hydrogen-bond donors (Lipinski definition) is 1. The lowest BCUT2D eigenvalue weighted by Crippen LogP contribution is -2.09. The van der Waals surface area contributed by atoms with Gasteiger partial charge in [-0.3, -0.25) is 4.79 Å². The molecular formula is C22H21NO3. The number of anilines is 1. The van der Waals surface area contributed by atoms with Crippen molar-refractivity contribution < 1.29 is 14.3 Å². The quantitative estimate of drug-likeness (QED) is 0.673. The molecule has 4 nitrogen and oxygen atoms in total. The van der Waals surface area contributed by atoms with Crippen LogP contribution in [0.1, 0.15) is 11.1 Å². The minimum absolute atomic E-state index is 0.205. The van der Waals surface area contributed by atoms with Crippen molar-refractivity contribution in [1.29, 1.82) is 0 Å². The summed E-state index contributed by atoms with van der Waals surface area (Å²) in [5.41, 5.74) is 2.66. The van der Waals surface area contributed by atoms with E-state index in [1.165, 1.54) is 6.08 Å². The summed E-state index contributed by atoms with van der Waals surface area (Å²) in [4.78, 5) is 12.2. The van der Waals surface area contributed by atoms with Crippen molar-refractivity contribution in [2.75, 3.05) is 19.5 Å². The van der Waals surface area contributed by atoms with Gasteiger partial charge in [-0.25, -0.2) is 0 Å². The number of rotatable bonds is 5. The van der Waals surface area contributed by atoms with Crippen molar-refractivity contribution in [3.8, 4) is 11.5 Å². The van der Waals surface area contributed by atoms with Crippen molar-refractivity contribution in [2.45, 2.75) is 6.92 Å². The minimum atomic E-state index is -0.205. The molecule has 0 aliphatic carbocycles. The molecular weight excluding hydrogens is 326 g/mol. The Morgan fingerprint density at radius 2 is 1.69 bits per heavy atom. The second-order valence-corrected chi connectivity index (χ2v) is 6.00. The fourth-order valence-electron chi connectivity index (χ4n) is 2.74. The van der Waals surface area contributed by atoms with Crippen LogP contribution in [-0.2, 0) is 4.79 Å². The monoisotopic (exact) mass is 347 g/mol. The lowest BCUT2D eigenvalue weighted by atomic mass is 10.1. The maximum atomic E-state index is 12.2. The summed E-state index contributed by atoms with van der Waals surface area (Å²) in [6, 6.07) is 17.6. The van der Waals surface area contributed by atoms with E-state index >= 15 is 0 Å². The van der Waals surface area contributed by atoms with Crippen LogP contribution in [0.3, 0.4) is 0 Å². The SMILES string of the molecule is COc1ccc2cc(/C=C/C(=O)Nc3cc(C)ccc3OC)ccc2c1. The molecule has 0 aromatic heterocycles. The highest BCUT2D eigenvalue weighted by molar-refractivity contribution is 6.03. The van der Waals surface area contributed by atoms with Gasteiger partial charge in [0, 0.05) is 6.08 Å².